The Kier molecular flexibility index (Phi) is 36.1. The maximum Gasteiger partial charge on any atom is 0.245 e. The molecule has 0 unspecified atom stereocenters. The van der Waals surface area contributed by atoms with E-state index in [1.54, 1.807) is 6.92 Å². The summed E-state index contributed by atoms with van der Waals surface area (Å²) in [7, 11) is 0. The van der Waals surface area contributed by atoms with E-state index in [0.717, 1.165) is 44.9 Å². The van der Waals surface area contributed by atoms with Gasteiger partial charge in [-0.15, -0.1) is 0 Å². The van der Waals surface area contributed by atoms with Gasteiger partial charge in [-0.05, 0) is 111 Å². The molecular weight excluding hydrogens is 1070 g/mol. The molecule has 83 heavy (non-hydrogen) atoms. The third-order valence-electron chi connectivity index (χ3n) is 14.4. The molecule has 0 spiro atoms. The van der Waals surface area contributed by atoms with Crippen molar-refractivity contribution in [1.82, 2.24) is 58.1 Å². The minimum absolute atomic E-state index is 0.00838. The molecule has 0 saturated carbocycles. The number of nitrogens with one attached hydrogen (secondary N) is 10. The third kappa shape index (κ3) is 30.1. The fourth-order valence-corrected chi connectivity index (χ4v) is 9.51. The van der Waals surface area contributed by atoms with Gasteiger partial charge in [-0.2, -0.15) is 0 Å². The molecule has 10 amide bonds. The number of amides is 10. The molecule has 1 heterocycles. The van der Waals surface area contributed by atoms with Gasteiger partial charge in [0.2, 0.25) is 59.1 Å². The highest BCUT2D eigenvalue weighted by Crippen LogP contribution is 2.20. The Balaban J connectivity index is 3.27. The summed E-state index contributed by atoms with van der Waals surface area (Å²) in [4.78, 5) is 151. The number of carbonyl (C=O) groups excluding carboxylic acids is 11. The van der Waals surface area contributed by atoms with Crippen LogP contribution in [0.25, 0.3) is 0 Å². The second kappa shape index (κ2) is 39.8. The van der Waals surface area contributed by atoms with E-state index >= 15 is 0 Å². The van der Waals surface area contributed by atoms with Crippen molar-refractivity contribution in [2.75, 3.05) is 32.8 Å². The van der Waals surface area contributed by atoms with E-state index in [9.17, 15) is 52.7 Å². The standard InChI is InChI=1S/C60H109N11O12/c1-14-17-19-20-21-22-28-45(54(79)66-47(37-40(6)7)55(80)70-60(12,13)58(83)68-46(36-39(4)5)52(77)62-32-31-49(74)63-41(8)38-61-33-35-72)67-57(82)59(10,11)69-51(76)42(9)64-53(78)44(29-23-27-43(73)26-18-15-2)65-56(81)48-30-24-34-71(48)50(75)25-16-3/h39-42,44-48,61,72H,14-38H2,1-13H3,(H,62,77)(H,63,74)(H,64,78)(H,65,81)(H,66,79)(H,67,82)(H,68,83)(H,69,76)(H,70,80)/t41-,42-,44-,45-,46-,47-,48-/m0/s1. The average Bonchev–Trinajstić information content (AvgIpc) is 3.99. The molecule has 23 heteroatoms. The summed E-state index contributed by atoms with van der Waals surface area (Å²) in [5.74, 6) is -5.71. The summed E-state index contributed by atoms with van der Waals surface area (Å²) in [6.07, 6.45) is 10.4. The zero-order chi connectivity index (χ0) is 62.9. The van der Waals surface area contributed by atoms with Crippen LogP contribution in [0.2, 0.25) is 0 Å². The SMILES string of the molecule is CCCCCCCC[C@H](NC(=O)C(C)(C)NC(=O)[C@H](C)NC(=O)[C@H](CCCC(=O)CCCC)NC(=O)[C@@H]1CCCN1C(=O)CCC)C(=O)N[C@@H](CC(C)C)C(=O)NC(C)(C)C(=O)N[C@@H](CC(C)C)C(=O)NCCC(=O)N[C@@H](C)CNCCO. The number of nitrogens with zero attached hydrogens (tertiary/aromatic N) is 1. The predicted molar refractivity (Wildman–Crippen MR) is 320 cm³/mol. The van der Waals surface area contributed by atoms with Crippen LogP contribution in [0.4, 0.5) is 0 Å². The average molecular weight is 1180 g/mol. The lowest BCUT2D eigenvalue weighted by Gasteiger charge is -2.32. The molecule has 0 aromatic heterocycles. The molecule has 476 valence electrons. The number of ketones is 1. The van der Waals surface area contributed by atoms with E-state index < -0.39 is 94.6 Å². The molecule has 11 N–H and O–H groups in total. The van der Waals surface area contributed by atoms with Crippen LogP contribution in [0.5, 0.6) is 0 Å². The number of hydrogen-bond donors (Lipinski definition) is 11. The first-order chi connectivity index (χ1) is 39.0. The normalized spacial score (nSPS) is 15.7. The number of Topliss-reactive ketones (excluding diaryl/α,β-unsaturated/α-hetero) is 1. The summed E-state index contributed by atoms with van der Waals surface area (Å²) >= 11 is 0. The summed E-state index contributed by atoms with van der Waals surface area (Å²) in [5.41, 5.74) is -3.24. The predicted octanol–water partition coefficient (Wildman–Crippen LogP) is 3.38. The van der Waals surface area contributed by atoms with Crippen molar-refractivity contribution in [2.45, 2.75) is 272 Å². The number of carbonyl (C=O) groups is 11. The van der Waals surface area contributed by atoms with Gasteiger partial charge in [0, 0.05) is 57.9 Å². The van der Waals surface area contributed by atoms with Crippen molar-refractivity contribution in [1.29, 1.82) is 0 Å². The summed E-state index contributed by atoms with van der Waals surface area (Å²) < 4.78 is 0. The van der Waals surface area contributed by atoms with Crippen LogP contribution in [0, 0.1) is 11.8 Å². The molecule has 0 aromatic carbocycles. The van der Waals surface area contributed by atoms with Crippen LogP contribution in [0.3, 0.4) is 0 Å². The second-order valence-corrected chi connectivity index (χ2v) is 24.4. The second-order valence-electron chi connectivity index (χ2n) is 24.4. The molecule has 0 aromatic rings. The fourth-order valence-electron chi connectivity index (χ4n) is 9.51. The van der Waals surface area contributed by atoms with Crippen molar-refractivity contribution in [3.05, 3.63) is 0 Å². The number of rotatable bonds is 43. The first kappa shape index (κ1) is 75.3. The van der Waals surface area contributed by atoms with Crippen molar-refractivity contribution < 1.29 is 57.8 Å². The largest absolute Gasteiger partial charge is 0.395 e. The lowest BCUT2D eigenvalue weighted by atomic mass is 9.97. The molecule has 1 saturated heterocycles. The molecule has 23 nitrogen and oxygen atoms in total. The first-order valence-corrected chi connectivity index (χ1v) is 30.9. The van der Waals surface area contributed by atoms with Gasteiger partial charge in [0.1, 0.15) is 53.1 Å². The van der Waals surface area contributed by atoms with E-state index in [0.29, 0.717) is 58.2 Å². The first-order valence-electron chi connectivity index (χ1n) is 30.9. The van der Waals surface area contributed by atoms with E-state index in [-0.39, 0.29) is 93.6 Å². The molecule has 1 rings (SSSR count). The fraction of sp³-hybridized carbons (Fsp3) is 0.817. The Morgan fingerprint density at radius 2 is 1.06 bits per heavy atom. The van der Waals surface area contributed by atoms with Crippen LogP contribution in [0.1, 0.15) is 218 Å². The zero-order valence-electron chi connectivity index (χ0n) is 52.8. The van der Waals surface area contributed by atoms with E-state index in [1.807, 2.05) is 41.5 Å². The van der Waals surface area contributed by atoms with Crippen molar-refractivity contribution in [3.63, 3.8) is 0 Å². The number of aliphatic hydroxyl groups excluding tert-OH is 1. The van der Waals surface area contributed by atoms with Gasteiger partial charge in [-0.25, -0.2) is 0 Å². The van der Waals surface area contributed by atoms with Crippen LogP contribution >= 0.6 is 0 Å². The Bertz CT molecular complexity index is 2090. The molecule has 1 aliphatic rings. The van der Waals surface area contributed by atoms with E-state index in [4.69, 9.17) is 5.11 Å². The third-order valence-corrected chi connectivity index (χ3v) is 14.4. The summed E-state index contributed by atoms with van der Waals surface area (Å²) in [6.45, 7) is 23.8. The van der Waals surface area contributed by atoms with Crippen LogP contribution in [0.15, 0.2) is 0 Å². The van der Waals surface area contributed by atoms with Crippen LogP contribution < -0.4 is 53.2 Å². The Hall–Kier alpha value is -5.71. The van der Waals surface area contributed by atoms with Crippen molar-refractivity contribution in [3.8, 4) is 0 Å². The smallest absolute Gasteiger partial charge is 0.245 e. The number of likely N-dealkylation sites (tertiary alicyclic amines) is 1. The van der Waals surface area contributed by atoms with Crippen LogP contribution in [-0.2, 0) is 52.7 Å². The molecule has 0 radical (unpaired) electrons. The van der Waals surface area contributed by atoms with Gasteiger partial charge in [-0.1, -0.05) is 93.4 Å². The van der Waals surface area contributed by atoms with Crippen LogP contribution in [-0.4, -0.2) is 161 Å². The van der Waals surface area contributed by atoms with Gasteiger partial charge in [-0.3, -0.25) is 52.7 Å². The summed E-state index contributed by atoms with van der Waals surface area (Å²) in [6, 6.07) is -6.66. The quantitative estimate of drug-likeness (QED) is 0.0391. The number of unbranched alkanes of at least 4 members (excludes halogenated alkanes) is 6. The Morgan fingerprint density at radius 3 is 1.65 bits per heavy atom. The molecule has 1 aliphatic heterocycles. The summed E-state index contributed by atoms with van der Waals surface area (Å²) in [5, 5.41) is 36.8. The molecule has 7 atom stereocenters. The van der Waals surface area contributed by atoms with Crippen molar-refractivity contribution in [2.24, 2.45) is 11.8 Å². The topological polar surface area (TPSA) is 332 Å². The highest BCUT2D eigenvalue weighted by Gasteiger charge is 2.40. The zero-order valence-corrected chi connectivity index (χ0v) is 52.8. The van der Waals surface area contributed by atoms with Gasteiger partial charge < -0.3 is 63.2 Å². The Labute approximate surface area is 495 Å². The van der Waals surface area contributed by atoms with Gasteiger partial charge in [0.15, 0.2) is 0 Å². The minimum Gasteiger partial charge on any atom is -0.395 e. The van der Waals surface area contributed by atoms with Gasteiger partial charge >= 0.3 is 0 Å². The molecule has 1 fully saturated rings. The number of aliphatic hydroxyl groups is 1. The maximum absolute atomic E-state index is 14.4. The molecule has 0 aliphatic carbocycles. The monoisotopic (exact) mass is 1180 g/mol. The Morgan fingerprint density at radius 1 is 0.530 bits per heavy atom. The highest BCUT2D eigenvalue weighted by molar-refractivity contribution is 5.99. The van der Waals surface area contributed by atoms with E-state index in [2.05, 4.69) is 60.1 Å². The van der Waals surface area contributed by atoms with Gasteiger partial charge in [0.05, 0.1) is 6.61 Å². The highest BCUT2D eigenvalue weighted by atomic mass is 16.3. The lowest BCUT2D eigenvalue weighted by Crippen LogP contribution is -2.64. The molecule has 0 bridgehead atoms. The maximum atomic E-state index is 14.4. The molecular formula is C60H109N11O12. The van der Waals surface area contributed by atoms with Gasteiger partial charge in [0.25, 0.3) is 0 Å². The van der Waals surface area contributed by atoms with E-state index in [1.165, 1.54) is 39.5 Å². The van der Waals surface area contributed by atoms with Crippen molar-refractivity contribution >= 4 is 64.9 Å². The lowest BCUT2D eigenvalue weighted by molar-refractivity contribution is -0.140. The number of hydrogen-bond acceptors (Lipinski definition) is 13. The minimum atomic E-state index is -1.65.